The summed E-state index contributed by atoms with van der Waals surface area (Å²) in [6, 6.07) is 0. The third-order valence-corrected chi connectivity index (χ3v) is 5.38. The molecule has 0 aliphatic carbocycles. The fraction of sp³-hybridized carbons (Fsp3) is 0.909. The number of Topliss-reactive ketones (excluding diaryl/α,β-unsaturated/α-hetero) is 1. The lowest BCUT2D eigenvalue weighted by Crippen LogP contribution is -2.46. The normalized spacial score (nSPS) is 19.5. The SMILES string of the molecule is CCCCCCCCCCCC(=O)CC1OC(=O)C1CCCCCC. The first kappa shape index (κ1) is 22.2. The van der Waals surface area contributed by atoms with E-state index in [2.05, 4.69) is 13.8 Å². The van der Waals surface area contributed by atoms with E-state index in [1.165, 1.54) is 64.2 Å². The Morgan fingerprint density at radius 1 is 0.800 bits per heavy atom. The van der Waals surface area contributed by atoms with Crippen molar-refractivity contribution in [3.63, 3.8) is 0 Å². The molecule has 1 aliphatic rings. The Labute approximate surface area is 155 Å². The topological polar surface area (TPSA) is 43.4 Å². The largest absolute Gasteiger partial charge is 0.461 e. The number of carbonyl (C=O) groups excluding carboxylic acids is 2. The summed E-state index contributed by atoms with van der Waals surface area (Å²) < 4.78 is 5.21. The minimum absolute atomic E-state index is 0.0103. The Morgan fingerprint density at radius 3 is 1.88 bits per heavy atom. The zero-order valence-corrected chi connectivity index (χ0v) is 16.7. The van der Waals surface area contributed by atoms with Gasteiger partial charge in [0.25, 0.3) is 0 Å². The molecule has 0 bridgehead atoms. The van der Waals surface area contributed by atoms with Crippen LogP contribution in [0.15, 0.2) is 0 Å². The zero-order chi connectivity index (χ0) is 18.3. The molecule has 0 aromatic rings. The Bertz CT molecular complexity index is 364. The molecule has 0 amide bonds. The van der Waals surface area contributed by atoms with Crippen LogP contribution in [0.25, 0.3) is 0 Å². The van der Waals surface area contributed by atoms with Crippen LogP contribution in [0.1, 0.15) is 117 Å². The maximum atomic E-state index is 12.1. The molecule has 3 heteroatoms. The average Bonchev–Trinajstić information content (AvgIpc) is 2.59. The van der Waals surface area contributed by atoms with Crippen LogP contribution in [0.5, 0.6) is 0 Å². The molecule has 1 rings (SSSR count). The first-order valence-corrected chi connectivity index (χ1v) is 10.9. The molecule has 1 heterocycles. The van der Waals surface area contributed by atoms with Gasteiger partial charge in [-0.1, -0.05) is 90.9 Å². The van der Waals surface area contributed by atoms with Crippen molar-refractivity contribution < 1.29 is 14.3 Å². The zero-order valence-electron chi connectivity index (χ0n) is 16.7. The van der Waals surface area contributed by atoms with Gasteiger partial charge in [0.1, 0.15) is 11.9 Å². The minimum atomic E-state index is -0.125. The van der Waals surface area contributed by atoms with E-state index >= 15 is 0 Å². The lowest BCUT2D eigenvalue weighted by Gasteiger charge is -2.34. The number of cyclic esters (lactones) is 1. The standard InChI is InChI=1S/C22H40O3/c1-3-5-7-9-10-11-12-13-14-16-19(23)18-21-20(22(24)25-21)17-15-8-6-4-2/h20-21H,3-18H2,1-2H3. The van der Waals surface area contributed by atoms with Crippen molar-refractivity contribution in [1.29, 1.82) is 0 Å². The van der Waals surface area contributed by atoms with Crippen molar-refractivity contribution in [2.75, 3.05) is 0 Å². The van der Waals surface area contributed by atoms with Crippen LogP contribution in [0.4, 0.5) is 0 Å². The lowest BCUT2D eigenvalue weighted by atomic mass is 9.87. The average molecular weight is 353 g/mol. The number of hydrogen-bond acceptors (Lipinski definition) is 3. The molecule has 2 unspecified atom stereocenters. The van der Waals surface area contributed by atoms with Gasteiger partial charge in [0.2, 0.25) is 0 Å². The Kier molecular flexibility index (Phi) is 12.7. The first-order valence-electron chi connectivity index (χ1n) is 10.9. The second-order valence-corrected chi connectivity index (χ2v) is 7.75. The van der Waals surface area contributed by atoms with Crippen LogP contribution >= 0.6 is 0 Å². The summed E-state index contributed by atoms with van der Waals surface area (Å²) in [7, 11) is 0. The maximum Gasteiger partial charge on any atom is 0.313 e. The predicted octanol–water partition coefficient (Wildman–Crippen LogP) is 6.38. The number of hydrogen-bond donors (Lipinski definition) is 0. The van der Waals surface area contributed by atoms with Gasteiger partial charge in [-0.3, -0.25) is 9.59 Å². The molecular weight excluding hydrogens is 312 g/mol. The second kappa shape index (κ2) is 14.3. The smallest absolute Gasteiger partial charge is 0.313 e. The molecular formula is C22H40O3. The molecule has 0 radical (unpaired) electrons. The summed E-state index contributed by atoms with van der Waals surface area (Å²) in [5.41, 5.74) is 0. The molecule has 0 aromatic carbocycles. The van der Waals surface area contributed by atoms with Crippen molar-refractivity contribution in [2.45, 2.75) is 123 Å². The van der Waals surface area contributed by atoms with Crippen molar-refractivity contribution in [2.24, 2.45) is 5.92 Å². The third kappa shape index (κ3) is 10.0. The molecule has 146 valence electrons. The number of unbranched alkanes of at least 4 members (excludes halogenated alkanes) is 11. The van der Waals surface area contributed by atoms with E-state index in [9.17, 15) is 9.59 Å². The van der Waals surface area contributed by atoms with Crippen LogP contribution in [-0.4, -0.2) is 17.9 Å². The van der Waals surface area contributed by atoms with E-state index in [1.54, 1.807) is 0 Å². The second-order valence-electron chi connectivity index (χ2n) is 7.75. The molecule has 0 N–H and O–H groups in total. The van der Waals surface area contributed by atoms with Gasteiger partial charge in [0.15, 0.2) is 0 Å². The van der Waals surface area contributed by atoms with Gasteiger partial charge in [-0.05, 0) is 12.8 Å². The van der Waals surface area contributed by atoms with Crippen molar-refractivity contribution in [3.05, 3.63) is 0 Å². The van der Waals surface area contributed by atoms with Gasteiger partial charge < -0.3 is 4.74 Å². The Morgan fingerprint density at radius 2 is 1.32 bits per heavy atom. The molecule has 1 saturated heterocycles. The lowest BCUT2D eigenvalue weighted by molar-refractivity contribution is -0.186. The number of carbonyl (C=O) groups is 2. The van der Waals surface area contributed by atoms with E-state index in [-0.39, 0.29) is 23.8 Å². The van der Waals surface area contributed by atoms with Crippen molar-refractivity contribution in [3.8, 4) is 0 Å². The van der Waals surface area contributed by atoms with Gasteiger partial charge in [0, 0.05) is 12.8 Å². The summed E-state index contributed by atoms with van der Waals surface area (Å²) in [6.07, 6.45) is 18.0. The maximum absolute atomic E-state index is 12.1. The number of esters is 1. The van der Waals surface area contributed by atoms with E-state index < -0.39 is 0 Å². The summed E-state index contributed by atoms with van der Waals surface area (Å²) in [4.78, 5) is 23.7. The van der Waals surface area contributed by atoms with Gasteiger partial charge >= 0.3 is 5.97 Å². The van der Waals surface area contributed by atoms with Crippen LogP contribution in [0.3, 0.4) is 0 Å². The molecule has 1 fully saturated rings. The summed E-state index contributed by atoms with van der Waals surface area (Å²) in [6.45, 7) is 4.43. The van der Waals surface area contributed by atoms with Crippen LogP contribution < -0.4 is 0 Å². The highest BCUT2D eigenvalue weighted by atomic mass is 16.6. The van der Waals surface area contributed by atoms with Gasteiger partial charge in [-0.15, -0.1) is 0 Å². The highest BCUT2D eigenvalue weighted by Gasteiger charge is 2.42. The number of rotatable bonds is 17. The van der Waals surface area contributed by atoms with Gasteiger partial charge in [-0.25, -0.2) is 0 Å². The van der Waals surface area contributed by atoms with Gasteiger partial charge in [-0.2, -0.15) is 0 Å². The van der Waals surface area contributed by atoms with Crippen LogP contribution in [0, 0.1) is 5.92 Å². The van der Waals surface area contributed by atoms with Crippen molar-refractivity contribution >= 4 is 11.8 Å². The molecule has 0 spiro atoms. The first-order chi connectivity index (χ1) is 12.2. The summed E-state index contributed by atoms with van der Waals surface area (Å²) >= 11 is 0. The Balaban J connectivity index is 1.99. The molecule has 2 atom stereocenters. The van der Waals surface area contributed by atoms with E-state index in [4.69, 9.17) is 4.74 Å². The molecule has 3 nitrogen and oxygen atoms in total. The highest BCUT2D eigenvalue weighted by molar-refractivity contribution is 5.84. The predicted molar refractivity (Wildman–Crippen MR) is 104 cm³/mol. The number of ketones is 1. The minimum Gasteiger partial charge on any atom is -0.461 e. The summed E-state index contributed by atoms with van der Waals surface area (Å²) in [5, 5.41) is 0. The van der Waals surface area contributed by atoms with Crippen LogP contribution in [0.2, 0.25) is 0 Å². The monoisotopic (exact) mass is 352 g/mol. The summed E-state index contributed by atoms with van der Waals surface area (Å²) in [5.74, 6) is 0.181. The van der Waals surface area contributed by atoms with E-state index in [0.29, 0.717) is 12.8 Å². The highest BCUT2D eigenvalue weighted by Crippen LogP contribution is 2.30. The van der Waals surface area contributed by atoms with Crippen molar-refractivity contribution in [1.82, 2.24) is 0 Å². The molecule has 0 aromatic heterocycles. The Hall–Kier alpha value is -0.860. The van der Waals surface area contributed by atoms with Gasteiger partial charge in [0.05, 0.1) is 5.92 Å². The fourth-order valence-corrected chi connectivity index (χ4v) is 3.64. The fourth-order valence-electron chi connectivity index (χ4n) is 3.64. The number of ether oxygens (including phenoxy) is 1. The van der Waals surface area contributed by atoms with Crippen LogP contribution in [-0.2, 0) is 14.3 Å². The molecule has 0 saturated carbocycles. The molecule has 25 heavy (non-hydrogen) atoms. The third-order valence-electron chi connectivity index (χ3n) is 5.38. The molecule has 1 aliphatic heterocycles. The van der Waals surface area contributed by atoms with E-state index in [1.807, 2.05) is 0 Å². The van der Waals surface area contributed by atoms with E-state index in [0.717, 1.165) is 25.7 Å². The quantitative estimate of drug-likeness (QED) is 0.225.